The molecule has 0 spiro atoms. The first-order valence-corrected chi connectivity index (χ1v) is 2.31. The Morgan fingerprint density at radius 2 is 2.30 bits per heavy atom. The van der Waals surface area contributed by atoms with Crippen LogP contribution in [0.25, 0.3) is 0 Å². The van der Waals surface area contributed by atoms with Crippen LogP contribution in [0.5, 0.6) is 0 Å². The van der Waals surface area contributed by atoms with E-state index >= 15 is 0 Å². The van der Waals surface area contributed by atoms with Gasteiger partial charge in [-0.3, -0.25) is 0 Å². The summed E-state index contributed by atoms with van der Waals surface area (Å²) in [4.78, 5) is 0. The Morgan fingerprint density at radius 3 is 2.70 bits per heavy atom. The first-order valence-electron chi connectivity index (χ1n) is 2.31. The highest BCUT2D eigenvalue weighted by atomic mass is 16.4. The third-order valence-electron chi connectivity index (χ3n) is 0.767. The van der Waals surface area contributed by atoms with Gasteiger partial charge in [-0.15, -0.1) is 5.10 Å². The van der Waals surface area contributed by atoms with Crippen molar-refractivity contribution < 1.29 is 9.62 Å². The van der Waals surface area contributed by atoms with Crippen molar-refractivity contribution in [1.29, 1.82) is 0 Å². The fourth-order valence-electron chi connectivity index (χ4n) is 0.381. The van der Waals surface area contributed by atoms with E-state index in [4.69, 9.17) is 16.7 Å². The van der Waals surface area contributed by atoms with Gasteiger partial charge in [-0.25, -0.2) is 0 Å². The molecule has 0 unspecified atom stereocenters. The maximum absolute atomic E-state index is 8.09. The molecule has 0 aliphatic carbocycles. The number of oxime groups is 1. The van der Waals surface area contributed by atoms with E-state index in [1.807, 2.05) is 0 Å². The number of anilines is 1. The summed E-state index contributed by atoms with van der Waals surface area (Å²) in [6, 6.07) is -0.124. The van der Waals surface area contributed by atoms with E-state index in [2.05, 4.69) is 19.8 Å². The zero-order valence-corrected chi connectivity index (χ0v) is 4.85. The summed E-state index contributed by atoms with van der Waals surface area (Å²) in [6.45, 7) is 0. The third kappa shape index (κ3) is 0.966. The largest absolute Gasteiger partial charge is 0.409 e. The van der Waals surface area contributed by atoms with Gasteiger partial charge in [-0.05, 0) is 0 Å². The maximum Gasteiger partial charge on any atom is 0.313 e. The zero-order valence-electron chi connectivity index (χ0n) is 4.85. The van der Waals surface area contributed by atoms with E-state index in [1.165, 1.54) is 0 Å². The van der Waals surface area contributed by atoms with Crippen LogP contribution >= 0.6 is 0 Å². The predicted octanol–water partition coefficient (Wildman–Crippen LogP) is -1.25. The predicted molar refractivity (Wildman–Crippen MR) is 31.2 cm³/mol. The molecule has 0 aliphatic rings. The van der Waals surface area contributed by atoms with Gasteiger partial charge in [0.1, 0.15) is 0 Å². The van der Waals surface area contributed by atoms with Crippen LogP contribution in [-0.2, 0) is 0 Å². The van der Waals surface area contributed by atoms with E-state index < -0.39 is 0 Å². The van der Waals surface area contributed by atoms with Crippen molar-refractivity contribution in [3.05, 3.63) is 5.89 Å². The van der Waals surface area contributed by atoms with Crippen LogP contribution in [0, 0.1) is 0 Å². The monoisotopic (exact) mass is 143 g/mol. The van der Waals surface area contributed by atoms with E-state index in [9.17, 15) is 0 Å². The number of nitrogens with two attached hydrogens (primary N) is 2. The normalized spacial score (nSPS) is 11.8. The minimum absolute atomic E-state index is 0.0972. The Morgan fingerprint density at radius 1 is 1.60 bits per heavy atom. The molecule has 0 atom stereocenters. The fraction of sp³-hybridized carbons (Fsp3) is 0. The molecule has 0 fully saturated rings. The minimum atomic E-state index is -0.260. The summed E-state index contributed by atoms with van der Waals surface area (Å²) in [7, 11) is 0. The van der Waals surface area contributed by atoms with Gasteiger partial charge in [0.15, 0.2) is 0 Å². The van der Waals surface area contributed by atoms with Crippen LogP contribution in [0.4, 0.5) is 6.01 Å². The van der Waals surface area contributed by atoms with Gasteiger partial charge in [-0.1, -0.05) is 10.3 Å². The van der Waals surface area contributed by atoms with E-state index in [0.29, 0.717) is 0 Å². The molecule has 0 radical (unpaired) electrons. The quantitative estimate of drug-likeness (QED) is 0.195. The minimum Gasteiger partial charge on any atom is -0.409 e. The van der Waals surface area contributed by atoms with Gasteiger partial charge in [0, 0.05) is 0 Å². The second kappa shape index (κ2) is 2.21. The molecule has 1 aromatic rings. The van der Waals surface area contributed by atoms with Crippen molar-refractivity contribution in [3.63, 3.8) is 0 Å². The lowest BCUT2D eigenvalue weighted by Crippen LogP contribution is -2.13. The van der Waals surface area contributed by atoms with Crippen molar-refractivity contribution in [2.45, 2.75) is 0 Å². The Bertz CT molecular complexity index is 253. The van der Waals surface area contributed by atoms with Gasteiger partial charge in [0.25, 0.3) is 5.89 Å². The summed E-state index contributed by atoms with van der Waals surface area (Å²) < 4.78 is 4.58. The molecule has 1 heterocycles. The molecular weight excluding hydrogens is 138 g/mol. The molecule has 0 saturated carbocycles. The molecule has 7 heteroatoms. The van der Waals surface area contributed by atoms with Gasteiger partial charge in [-0.2, -0.15) is 0 Å². The summed E-state index contributed by atoms with van der Waals surface area (Å²) in [5.41, 5.74) is 10.1. The average molecular weight is 143 g/mol. The number of hydrogen-bond donors (Lipinski definition) is 3. The van der Waals surface area contributed by atoms with Crippen molar-refractivity contribution in [1.82, 2.24) is 10.2 Å². The highest BCUT2D eigenvalue weighted by Gasteiger charge is 2.06. The number of hydrogen-bond acceptors (Lipinski definition) is 6. The summed E-state index contributed by atoms with van der Waals surface area (Å²) in [5.74, 6) is -0.357. The van der Waals surface area contributed by atoms with Crippen LogP contribution in [0.15, 0.2) is 9.57 Å². The van der Waals surface area contributed by atoms with Crippen molar-refractivity contribution in [2.75, 3.05) is 5.73 Å². The van der Waals surface area contributed by atoms with Gasteiger partial charge in [0.2, 0.25) is 5.84 Å². The summed E-state index contributed by atoms with van der Waals surface area (Å²) in [5, 5.41) is 17.3. The number of aromatic nitrogens is 2. The molecule has 0 saturated heterocycles. The first kappa shape index (κ1) is 6.33. The summed E-state index contributed by atoms with van der Waals surface area (Å²) in [6.07, 6.45) is 0. The van der Waals surface area contributed by atoms with Gasteiger partial charge < -0.3 is 21.1 Å². The van der Waals surface area contributed by atoms with Gasteiger partial charge >= 0.3 is 6.01 Å². The van der Waals surface area contributed by atoms with E-state index in [0.717, 1.165) is 0 Å². The number of nitrogen functional groups attached to an aromatic ring is 1. The third-order valence-corrected chi connectivity index (χ3v) is 0.767. The fourth-order valence-corrected chi connectivity index (χ4v) is 0.381. The number of nitrogens with zero attached hydrogens (tertiary/aromatic N) is 3. The maximum atomic E-state index is 8.09. The van der Waals surface area contributed by atoms with Crippen LogP contribution in [0.1, 0.15) is 5.89 Å². The Kier molecular flexibility index (Phi) is 1.40. The van der Waals surface area contributed by atoms with E-state index in [-0.39, 0.29) is 17.7 Å². The molecule has 0 amide bonds. The van der Waals surface area contributed by atoms with Crippen LogP contribution in [0.3, 0.4) is 0 Å². The second-order valence-electron chi connectivity index (χ2n) is 1.43. The number of rotatable bonds is 1. The molecule has 7 nitrogen and oxygen atoms in total. The first-order chi connectivity index (χ1) is 4.74. The molecular formula is C3H5N5O2. The van der Waals surface area contributed by atoms with Crippen LogP contribution in [0.2, 0.25) is 0 Å². The smallest absolute Gasteiger partial charge is 0.313 e. The van der Waals surface area contributed by atoms with Crippen molar-refractivity contribution in [3.8, 4) is 0 Å². The van der Waals surface area contributed by atoms with Crippen molar-refractivity contribution in [2.24, 2.45) is 10.9 Å². The molecule has 0 bridgehead atoms. The topological polar surface area (TPSA) is 124 Å². The lowest BCUT2D eigenvalue weighted by Gasteiger charge is -1.84. The van der Waals surface area contributed by atoms with Crippen LogP contribution in [-0.4, -0.2) is 21.2 Å². The second-order valence-corrected chi connectivity index (χ2v) is 1.43. The number of amidine groups is 1. The highest BCUT2D eigenvalue weighted by molar-refractivity contribution is 5.92. The van der Waals surface area contributed by atoms with Crippen LogP contribution < -0.4 is 11.5 Å². The standard InChI is InChI=1S/C3H5N5O2/c4-1(8-9)2-6-7-3(5)10-2/h9H,(H2,4,8)(H2,5,7). The van der Waals surface area contributed by atoms with Gasteiger partial charge in [0.05, 0.1) is 0 Å². The molecule has 1 aromatic heterocycles. The molecule has 54 valence electrons. The lowest BCUT2D eigenvalue weighted by atomic mass is 10.6. The molecule has 5 N–H and O–H groups in total. The Hall–Kier alpha value is -1.79. The molecule has 0 aliphatic heterocycles. The Balaban J connectivity index is 2.95. The molecule has 10 heavy (non-hydrogen) atoms. The zero-order chi connectivity index (χ0) is 7.56. The average Bonchev–Trinajstić information content (AvgIpc) is 2.34. The molecule has 1 rings (SSSR count). The van der Waals surface area contributed by atoms with Crippen molar-refractivity contribution >= 4 is 11.9 Å². The lowest BCUT2D eigenvalue weighted by molar-refractivity contribution is 0.317. The van der Waals surface area contributed by atoms with E-state index in [1.54, 1.807) is 0 Å². The summed E-state index contributed by atoms with van der Waals surface area (Å²) >= 11 is 0. The Labute approximate surface area is 55.3 Å². The molecule has 0 aromatic carbocycles. The highest BCUT2D eigenvalue weighted by Crippen LogP contribution is 1.98. The SMILES string of the molecule is NC(=NO)c1nnc(N)o1.